The highest BCUT2D eigenvalue weighted by Gasteiger charge is 2.32. The van der Waals surface area contributed by atoms with Gasteiger partial charge in [-0.25, -0.2) is 4.68 Å². The van der Waals surface area contributed by atoms with Gasteiger partial charge in [0, 0.05) is 33.2 Å². The van der Waals surface area contributed by atoms with Gasteiger partial charge in [0.25, 0.3) is 5.56 Å². The Hall–Kier alpha value is -3.25. The molecule has 0 aliphatic heterocycles. The second-order valence-corrected chi connectivity index (χ2v) is 8.82. The third-order valence-electron chi connectivity index (χ3n) is 6.44. The van der Waals surface area contributed by atoms with Crippen LogP contribution in [-0.4, -0.2) is 27.7 Å². The highest BCUT2D eigenvalue weighted by Crippen LogP contribution is 2.37. The average molecular weight is 450 g/mol. The van der Waals surface area contributed by atoms with Gasteiger partial charge < -0.3 is 9.72 Å². The molecule has 2 N–H and O–H groups in total. The highest BCUT2D eigenvalue weighted by molar-refractivity contribution is 6.30. The number of aromatic nitrogens is 3. The number of H-pyrrole nitrogens is 2. The molecule has 1 atom stereocenters. The van der Waals surface area contributed by atoms with Crippen molar-refractivity contribution in [3.63, 3.8) is 0 Å². The standard InChI is InChI=1S/C25H24ClN3O3/c1-14-23(19-12-18(32-2)10-11-20(19)27-14)24(25(31)15-6-8-16(26)9-7-15)21-13-22(30)29(28-21)17-4-3-5-17/h6-13,17,24,27-28H,3-5H2,1-2H3. The monoisotopic (exact) mass is 449 g/mol. The molecule has 1 fully saturated rings. The van der Waals surface area contributed by atoms with E-state index < -0.39 is 5.92 Å². The predicted molar refractivity (Wildman–Crippen MR) is 125 cm³/mol. The molecule has 0 amide bonds. The quantitative estimate of drug-likeness (QED) is 0.388. The van der Waals surface area contributed by atoms with E-state index in [4.69, 9.17) is 16.3 Å². The number of aromatic amines is 2. The van der Waals surface area contributed by atoms with Crippen LogP contribution in [0.2, 0.25) is 5.02 Å². The summed E-state index contributed by atoms with van der Waals surface area (Å²) in [6.45, 7) is 1.95. The number of nitrogens with one attached hydrogen (secondary N) is 2. The number of hydrogen-bond acceptors (Lipinski definition) is 3. The number of aryl methyl sites for hydroxylation is 1. The minimum Gasteiger partial charge on any atom is -0.497 e. The van der Waals surface area contributed by atoms with Crippen molar-refractivity contribution in [3.05, 3.63) is 86.4 Å². The summed E-state index contributed by atoms with van der Waals surface area (Å²) in [5.41, 5.74) is 3.64. The summed E-state index contributed by atoms with van der Waals surface area (Å²) in [7, 11) is 1.62. The van der Waals surface area contributed by atoms with E-state index in [1.165, 1.54) is 0 Å². The third kappa shape index (κ3) is 3.45. The van der Waals surface area contributed by atoms with Gasteiger partial charge in [-0.05, 0) is 74.2 Å². The molecule has 32 heavy (non-hydrogen) atoms. The number of methoxy groups -OCH3 is 1. The molecular formula is C25H24ClN3O3. The van der Waals surface area contributed by atoms with Gasteiger partial charge in [0.1, 0.15) is 5.75 Å². The van der Waals surface area contributed by atoms with Gasteiger partial charge in [0.2, 0.25) is 0 Å². The Bertz CT molecular complexity index is 1360. The van der Waals surface area contributed by atoms with Gasteiger partial charge >= 0.3 is 0 Å². The van der Waals surface area contributed by atoms with Crippen LogP contribution in [0, 0.1) is 6.92 Å². The summed E-state index contributed by atoms with van der Waals surface area (Å²) in [5.74, 6) is -0.0717. The number of hydrogen-bond donors (Lipinski definition) is 2. The molecule has 0 bridgehead atoms. The molecule has 0 radical (unpaired) electrons. The van der Waals surface area contributed by atoms with Crippen LogP contribution in [0.1, 0.15) is 58.5 Å². The summed E-state index contributed by atoms with van der Waals surface area (Å²) in [6.07, 6.45) is 3.05. The van der Waals surface area contributed by atoms with Gasteiger partial charge in [0.05, 0.1) is 24.8 Å². The van der Waals surface area contributed by atoms with Gasteiger partial charge in [-0.3, -0.25) is 14.7 Å². The highest BCUT2D eigenvalue weighted by atomic mass is 35.5. The first-order valence-electron chi connectivity index (χ1n) is 10.7. The zero-order valence-electron chi connectivity index (χ0n) is 17.9. The summed E-state index contributed by atoms with van der Waals surface area (Å²) in [6, 6.07) is 14.4. The molecule has 164 valence electrons. The Balaban J connectivity index is 1.71. The SMILES string of the molecule is COc1ccc2[nH]c(C)c(C(C(=O)c3ccc(Cl)cc3)c3cc(=O)n(C4CCC4)[nH]3)c2c1. The summed E-state index contributed by atoms with van der Waals surface area (Å²) in [5, 5.41) is 4.73. The maximum Gasteiger partial charge on any atom is 0.267 e. The van der Waals surface area contributed by atoms with Gasteiger partial charge in [0.15, 0.2) is 5.78 Å². The molecule has 2 heterocycles. The van der Waals surface area contributed by atoms with E-state index >= 15 is 0 Å². The van der Waals surface area contributed by atoms with E-state index in [1.807, 2.05) is 25.1 Å². The number of halogens is 1. The molecule has 1 aliphatic rings. The lowest BCUT2D eigenvalue weighted by molar-refractivity contribution is 0.0972. The summed E-state index contributed by atoms with van der Waals surface area (Å²) in [4.78, 5) is 30.0. The molecule has 6 nitrogen and oxygen atoms in total. The van der Waals surface area contributed by atoms with Crippen LogP contribution >= 0.6 is 11.6 Å². The Kier molecular flexibility index (Phi) is 5.18. The average Bonchev–Trinajstić information content (AvgIpc) is 3.27. The van der Waals surface area contributed by atoms with Crippen molar-refractivity contribution >= 4 is 28.3 Å². The topological polar surface area (TPSA) is 79.9 Å². The van der Waals surface area contributed by atoms with E-state index in [1.54, 1.807) is 42.1 Å². The van der Waals surface area contributed by atoms with E-state index in [0.717, 1.165) is 41.4 Å². The number of carbonyl (C=O) groups excluding carboxylic acids is 1. The van der Waals surface area contributed by atoms with E-state index in [9.17, 15) is 9.59 Å². The minimum absolute atomic E-state index is 0.101. The van der Waals surface area contributed by atoms with Gasteiger partial charge in [-0.2, -0.15) is 0 Å². The molecule has 0 saturated heterocycles. The normalized spacial score (nSPS) is 15.0. The number of Topliss-reactive ketones (excluding diaryl/α,β-unsaturated/α-hetero) is 1. The fourth-order valence-corrected chi connectivity index (χ4v) is 4.65. The maximum absolute atomic E-state index is 13.9. The number of rotatable bonds is 6. The number of ketones is 1. The molecular weight excluding hydrogens is 426 g/mol. The number of carbonyl (C=O) groups is 1. The van der Waals surface area contributed by atoms with Crippen LogP contribution in [-0.2, 0) is 0 Å². The zero-order valence-corrected chi connectivity index (χ0v) is 18.7. The molecule has 1 saturated carbocycles. The Morgan fingerprint density at radius 2 is 1.91 bits per heavy atom. The summed E-state index contributed by atoms with van der Waals surface area (Å²) < 4.78 is 7.10. The molecule has 2 aromatic heterocycles. The maximum atomic E-state index is 13.9. The number of nitrogens with zero attached hydrogens (tertiary/aromatic N) is 1. The zero-order chi connectivity index (χ0) is 22.4. The molecule has 2 aromatic carbocycles. The molecule has 1 unspecified atom stereocenters. The molecule has 1 aliphatic carbocycles. The molecule has 0 spiro atoms. The molecule has 7 heteroatoms. The Labute approximate surface area is 190 Å². The van der Waals surface area contributed by atoms with E-state index in [2.05, 4.69) is 10.1 Å². The largest absolute Gasteiger partial charge is 0.497 e. The van der Waals surface area contributed by atoms with Crippen molar-refractivity contribution in [1.29, 1.82) is 0 Å². The molecule has 4 aromatic rings. The van der Waals surface area contributed by atoms with Crippen LogP contribution in [0.15, 0.2) is 53.3 Å². The second kappa shape index (κ2) is 8.02. The van der Waals surface area contributed by atoms with Crippen molar-refractivity contribution in [2.45, 2.75) is 38.1 Å². The summed E-state index contributed by atoms with van der Waals surface area (Å²) >= 11 is 6.05. The Morgan fingerprint density at radius 3 is 2.56 bits per heavy atom. The number of fused-ring (bicyclic) bond motifs is 1. The van der Waals surface area contributed by atoms with Crippen molar-refractivity contribution < 1.29 is 9.53 Å². The number of ether oxygens (including phenoxy) is 1. The lowest BCUT2D eigenvalue weighted by Gasteiger charge is -2.26. The van der Waals surface area contributed by atoms with Crippen LogP contribution in [0.5, 0.6) is 5.75 Å². The lowest BCUT2D eigenvalue weighted by Crippen LogP contribution is -2.27. The minimum atomic E-state index is -0.675. The van der Waals surface area contributed by atoms with Gasteiger partial charge in [-0.15, -0.1) is 0 Å². The van der Waals surface area contributed by atoms with Crippen molar-refractivity contribution in [2.24, 2.45) is 0 Å². The van der Waals surface area contributed by atoms with E-state index in [0.29, 0.717) is 22.0 Å². The van der Waals surface area contributed by atoms with Crippen molar-refractivity contribution in [3.8, 4) is 5.75 Å². The molecule has 5 rings (SSSR count). The van der Waals surface area contributed by atoms with Crippen LogP contribution in [0.25, 0.3) is 10.9 Å². The lowest BCUT2D eigenvalue weighted by atomic mass is 9.86. The smallest absolute Gasteiger partial charge is 0.267 e. The van der Waals surface area contributed by atoms with Crippen LogP contribution in [0.3, 0.4) is 0 Å². The number of benzene rings is 2. The predicted octanol–water partition coefficient (Wildman–Crippen LogP) is 5.37. The second-order valence-electron chi connectivity index (χ2n) is 8.38. The van der Waals surface area contributed by atoms with Gasteiger partial charge in [-0.1, -0.05) is 11.6 Å². The van der Waals surface area contributed by atoms with Crippen LogP contribution in [0.4, 0.5) is 0 Å². The third-order valence-corrected chi connectivity index (χ3v) is 6.69. The first-order valence-corrected chi connectivity index (χ1v) is 11.1. The fraction of sp³-hybridized carbons (Fsp3) is 0.280. The Morgan fingerprint density at radius 1 is 1.16 bits per heavy atom. The first-order chi connectivity index (χ1) is 15.5. The van der Waals surface area contributed by atoms with E-state index in [-0.39, 0.29) is 17.4 Å². The van der Waals surface area contributed by atoms with Crippen molar-refractivity contribution in [2.75, 3.05) is 7.11 Å². The first kappa shape index (κ1) is 20.6. The fourth-order valence-electron chi connectivity index (χ4n) is 4.53. The van der Waals surface area contributed by atoms with Crippen LogP contribution < -0.4 is 10.3 Å². The van der Waals surface area contributed by atoms with Crippen molar-refractivity contribution in [1.82, 2.24) is 14.8 Å².